The van der Waals surface area contributed by atoms with Crippen LogP contribution in [0.25, 0.3) is 0 Å². The minimum Gasteiger partial charge on any atom is -0.481 e. The number of carbonyl (C=O) groups is 2. The summed E-state index contributed by atoms with van der Waals surface area (Å²) in [5.74, 6) is -0.237. The topological polar surface area (TPSA) is 117 Å². The summed E-state index contributed by atoms with van der Waals surface area (Å²) in [5.41, 5.74) is -0.875. The zero-order chi connectivity index (χ0) is 15.3. The summed E-state index contributed by atoms with van der Waals surface area (Å²) in [6, 6.07) is -0.526. The molecule has 1 aromatic rings. The maximum absolute atomic E-state index is 11.8. The first kappa shape index (κ1) is 15.1. The summed E-state index contributed by atoms with van der Waals surface area (Å²) in [6.45, 7) is 2.22. The van der Waals surface area contributed by atoms with E-state index in [1.54, 1.807) is 0 Å². The number of hydrogen-bond donors (Lipinski definition) is 3. The Balaban J connectivity index is 1.90. The molecule has 0 unspecified atom stereocenters. The molecule has 0 saturated heterocycles. The number of aromatic nitrogens is 3. The molecule has 21 heavy (non-hydrogen) atoms. The van der Waals surface area contributed by atoms with Crippen LogP contribution in [0, 0.1) is 11.3 Å². The second kappa shape index (κ2) is 6.47. The molecule has 0 aliphatic heterocycles. The van der Waals surface area contributed by atoms with Crippen molar-refractivity contribution in [3.8, 4) is 0 Å². The number of rotatable bonds is 4. The van der Waals surface area contributed by atoms with Crippen LogP contribution in [0.2, 0.25) is 0 Å². The fourth-order valence-corrected chi connectivity index (χ4v) is 2.48. The highest BCUT2D eigenvalue weighted by molar-refractivity contribution is 5.87. The van der Waals surface area contributed by atoms with Crippen molar-refractivity contribution in [3.05, 3.63) is 12.4 Å². The third-order valence-corrected chi connectivity index (χ3v) is 3.98. The molecule has 0 bridgehead atoms. The van der Waals surface area contributed by atoms with Gasteiger partial charge in [-0.2, -0.15) is 5.10 Å². The molecule has 114 valence electrons. The first-order valence-electron chi connectivity index (χ1n) is 6.94. The van der Waals surface area contributed by atoms with Gasteiger partial charge in [-0.3, -0.25) is 10.1 Å². The lowest BCUT2D eigenvalue weighted by molar-refractivity contribution is -0.151. The Morgan fingerprint density at radius 3 is 2.67 bits per heavy atom. The molecule has 1 heterocycles. The highest BCUT2D eigenvalue weighted by Gasteiger charge is 2.41. The Morgan fingerprint density at radius 1 is 1.38 bits per heavy atom. The second-order valence-corrected chi connectivity index (χ2v) is 5.54. The fraction of sp³-hybridized carbons (Fsp3) is 0.615. The summed E-state index contributed by atoms with van der Waals surface area (Å²) in [4.78, 5) is 27.1. The molecule has 3 N–H and O–H groups in total. The standard InChI is InChI=1S/C13H19N5O3/c1-9-2-4-13(5-3-9,10(19)20)8-15-12(21)17-11-14-6-7-16-18-11/h6-7,9H,2-5,8H2,1H3,(H,19,20)(H2,14,15,17,18,21). The van der Waals surface area contributed by atoms with Gasteiger partial charge in [0.15, 0.2) is 0 Å². The van der Waals surface area contributed by atoms with E-state index in [2.05, 4.69) is 32.7 Å². The van der Waals surface area contributed by atoms with Crippen molar-refractivity contribution < 1.29 is 14.7 Å². The maximum atomic E-state index is 11.8. The average molecular weight is 293 g/mol. The van der Waals surface area contributed by atoms with Crippen molar-refractivity contribution in [2.45, 2.75) is 32.6 Å². The second-order valence-electron chi connectivity index (χ2n) is 5.54. The molecular weight excluding hydrogens is 274 g/mol. The Bertz CT molecular complexity index is 500. The van der Waals surface area contributed by atoms with Crippen LogP contribution in [-0.2, 0) is 4.79 Å². The van der Waals surface area contributed by atoms with Crippen LogP contribution in [0.4, 0.5) is 10.7 Å². The number of nitrogens with one attached hydrogen (secondary N) is 2. The van der Waals surface area contributed by atoms with E-state index < -0.39 is 17.4 Å². The predicted octanol–water partition coefficient (Wildman–Crippen LogP) is 1.27. The monoisotopic (exact) mass is 293 g/mol. The number of urea groups is 1. The van der Waals surface area contributed by atoms with Gasteiger partial charge in [0.25, 0.3) is 5.95 Å². The largest absolute Gasteiger partial charge is 0.481 e. The third kappa shape index (κ3) is 3.87. The molecule has 0 atom stereocenters. The molecule has 0 spiro atoms. The van der Waals surface area contributed by atoms with Gasteiger partial charge >= 0.3 is 12.0 Å². The molecule has 0 aromatic carbocycles. The van der Waals surface area contributed by atoms with Crippen molar-refractivity contribution in [1.29, 1.82) is 0 Å². The van der Waals surface area contributed by atoms with Crippen molar-refractivity contribution in [1.82, 2.24) is 20.5 Å². The molecule has 1 fully saturated rings. The molecule has 2 amide bonds. The summed E-state index contributed by atoms with van der Waals surface area (Å²) in [5, 5.41) is 21.7. The van der Waals surface area contributed by atoms with Gasteiger partial charge in [0.2, 0.25) is 0 Å². The van der Waals surface area contributed by atoms with E-state index in [-0.39, 0.29) is 12.5 Å². The van der Waals surface area contributed by atoms with Crippen molar-refractivity contribution in [3.63, 3.8) is 0 Å². The Kier molecular flexibility index (Phi) is 4.66. The van der Waals surface area contributed by atoms with Gasteiger partial charge in [-0.1, -0.05) is 6.92 Å². The third-order valence-electron chi connectivity index (χ3n) is 3.98. The highest BCUT2D eigenvalue weighted by atomic mass is 16.4. The minimum atomic E-state index is -0.875. The van der Waals surface area contributed by atoms with E-state index in [0.717, 1.165) is 12.8 Å². The smallest absolute Gasteiger partial charge is 0.321 e. The first-order valence-corrected chi connectivity index (χ1v) is 6.94. The van der Waals surface area contributed by atoms with E-state index in [9.17, 15) is 14.7 Å². The molecule has 1 aromatic heterocycles. The van der Waals surface area contributed by atoms with E-state index in [0.29, 0.717) is 18.8 Å². The van der Waals surface area contributed by atoms with Gasteiger partial charge < -0.3 is 10.4 Å². The van der Waals surface area contributed by atoms with Crippen LogP contribution in [-0.4, -0.2) is 38.8 Å². The number of nitrogens with zero attached hydrogens (tertiary/aromatic N) is 3. The van der Waals surface area contributed by atoms with Gasteiger partial charge in [0, 0.05) is 6.54 Å². The number of carboxylic acid groups (broad SMARTS) is 1. The van der Waals surface area contributed by atoms with Gasteiger partial charge in [-0.05, 0) is 31.6 Å². The first-order chi connectivity index (χ1) is 10.0. The number of hydrogen-bond acceptors (Lipinski definition) is 5. The van der Waals surface area contributed by atoms with Crippen LogP contribution in [0.5, 0.6) is 0 Å². The average Bonchev–Trinajstić information content (AvgIpc) is 2.48. The van der Waals surface area contributed by atoms with Crippen LogP contribution in [0.1, 0.15) is 32.6 Å². The lowest BCUT2D eigenvalue weighted by atomic mass is 9.71. The van der Waals surface area contributed by atoms with E-state index in [1.165, 1.54) is 12.4 Å². The normalized spacial score (nSPS) is 25.1. The zero-order valence-electron chi connectivity index (χ0n) is 11.9. The van der Waals surface area contributed by atoms with Crippen molar-refractivity contribution >= 4 is 17.9 Å². The van der Waals surface area contributed by atoms with E-state index >= 15 is 0 Å². The van der Waals surface area contributed by atoms with Crippen molar-refractivity contribution in [2.75, 3.05) is 11.9 Å². The minimum absolute atomic E-state index is 0.0802. The van der Waals surface area contributed by atoms with E-state index in [1.807, 2.05) is 0 Å². The molecule has 8 nitrogen and oxygen atoms in total. The van der Waals surface area contributed by atoms with Crippen LogP contribution >= 0.6 is 0 Å². The van der Waals surface area contributed by atoms with Crippen molar-refractivity contribution in [2.24, 2.45) is 11.3 Å². The number of aliphatic carboxylic acids is 1. The molecule has 0 radical (unpaired) electrons. The van der Waals surface area contributed by atoms with Crippen LogP contribution in [0.15, 0.2) is 12.4 Å². The number of anilines is 1. The van der Waals surface area contributed by atoms with E-state index in [4.69, 9.17) is 0 Å². The van der Waals surface area contributed by atoms with Crippen LogP contribution in [0.3, 0.4) is 0 Å². The Labute approximate surface area is 122 Å². The summed E-state index contributed by atoms with van der Waals surface area (Å²) >= 11 is 0. The number of carbonyl (C=O) groups excluding carboxylic acids is 1. The molecule has 1 saturated carbocycles. The SMILES string of the molecule is CC1CCC(CNC(=O)Nc2nccnn2)(C(=O)O)CC1. The van der Waals surface area contributed by atoms with Gasteiger partial charge in [-0.15, -0.1) is 5.10 Å². The predicted molar refractivity (Wildman–Crippen MR) is 74.5 cm³/mol. The summed E-state index contributed by atoms with van der Waals surface area (Å²) in [6.07, 6.45) is 5.68. The maximum Gasteiger partial charge on any atom is 0.321 e. The molecule has 1 aliphatic carbocycles. The summed E-state index contributed by atoms with van der Waals surface area (Å²) < 4.78 is 0. The van der Waals surface area contributed by atoms with Crippen LogP contribution < -0.4 is 10.6 Å². The Morgan fingerprint density at radius 2 is 2.10 bits per heavy atom. The molecule has 8 heteroatoms. The molecule has 2 rings (SSSR count). The lowest BCUT2D eigenvalue weighted by Gasteiger charge is -2.35. The van der Waals surface area contributed by atoms with Gasteiger partial charge in [0.1, 0.15) is 0 Å². The molecular formula is C13H19N5O3. The zero-order valence-corrected chi connectivity index (χ0v) is 11.9. The van der Waals surface area contributed by atoms with Gasteiger partial charge in [-0.25, -0.2) is 9.78 Å². The number of amides is 2. The number of carboxylic acids is 1. The summed E-state index contributed by atoms with van der Waals surface area (Å²) in [7, 11) is 0. The highest BCUT2D eigenvalue weighted by Crippen LogP contribution is 2.38. The fourth-order valence-electron chi connectivity index (χ4n) is 2.48. The quantitative estimate of drug-likeness (QED) is 0.769. The molecule has 1 aliphatic rings. The van der Waals surface area contributed by atoms with Gasteiger partial charge in [0.05, 0.1) is 17.8 Å². The Hall–Kier alpha value is -2.25. The lowest BCUT2D eigenvalue weighted by Crippen LogP contribution is -2.46.